The Labute approximate surface area is 223 Å². The van der Waals surface area contributed by atoms with Crippen LogP contribution in [-0.2, 0) is 9.59 Å². The Morgan fingerprint density at radius 3 is 2.33 bits per heavy atom. The van der Waals surface area contributed by atoms with Gasteiger partial charge in [-0.25, -0.2) is 0 Å². The summed E-state index contributed by atoms with van der Waals surface area (Å²) in [6, 6.07) is 0. The number of hydrogen-bond acceptors (Lipinski definition) is 5. The second kappa shape index (κ2) is 20.2. The van der Waals surface area contributed by atoms with Gasteiger partial charge >= 0.3 is 5.97 Å². The van der Waals surface area contributed by atoms with Gasteiger partial charge in [-0.2, -0.15) is 0 Å². The molecule has 1 amide bonds. The fraction of sp³-hybridized carbons (Fsp3) is 0.724. The van der Waals surface area contributed by atoms with E-state index in [0.29, 0.717) is 6.54 Å². The maximum Gasteiger partial charge on any atom is 0.303 e. The summed E-state index contributed by atoms with van der Waals surface area (Å²) >= 11 is 1.04. The van der Waals surface area contributed by atoms with Crippen LogP contribution in [0.3, 0.4) is 0 Å². The highest BCUT2D eigenvalue weighted by Gasteiger charge is 2.35. The molecule has 1 atom stereocenters. The van der Waals surface area contributed by atoms with Crippen LogP contribution in [0.5, 0.6) is 0 Å². The molecule has 0 aromatic carbocycles. The quantitative estimate of drug-likeness (QED) is 0.0728. The molecule has 1 aliphatic carbocycles. The second-order valence-electron chi connectivity index (χ2n) is 9.97. The topological polar surface area (TPSA) is 95.8 Å². The van der Waals surface area contributed by atoms with Crippen molar-refractivity contribution in [2.75, 3.05) is 6.54 Å². The fourth-order valence-electron chi connectivity index (χ4n) is 4.77. The van der Waals surface area contributed by atoms with Crippen molar-refractivity contribution in [3.8, 4) is 0 Å². The lowest BCUT2D eigenvalue weighted by Gasteiger charge is -2.34. The highest BCUT2D eigenvalue weighted by molar-refractivity contribution is 7.99. The van der Waals surface area contributed by atoms with Gasteiger partial charge in [0.05, 0.1) is 10.7 Å². The number of allylic oxidation sites excluding steroid dienone is 5. The van der Waals surface area contributed by atoms with E-state index in [-0.39, 0.29) is 23.5 Å². The third kappa shape index (κ3) is 14.0. The molecule has 1 unspecified atom stereocenters. The van der Waals surface area contributed by atoms with E-state index in [1.165, 1.54) is 44.9 Å². The molecule has 0 aromatic heterocycles. The number of aliphatic carboxylic acids is 1. The summed E-state index contributed by atoms with van der Waals surface area (Å²) < 4.78 is 2.73. The molecule has 6 nitrogen and oxygen atoms in total. The van der Waals surface area contributed by atoms with E-state index in [9.17, 15) is 19.6 Å². The van der Waals surface area contributed by atoms with Gasteiger partial charge in [0.25, 0.3) is 0 Å². The fourth-order valence-corrected chi connectivity index (χ4v) is 5.54. The van der Waals surface area contributed by atoms with E-state index in [0.717, 1.165) is 62.5 Å². The molecule has 0 aromatic rings. The van der Waals surface area contributed by atoms with Crippen molar-refractivity contribution < 1.29 is 14.7 Å². The summed E-state index contributed by atoms with van der Waals surface area (Å²) in [5.41, 5.74) is 0.824. The number of carbonyl (C=O) groups is 2. The Balaban J connectivity index is 2.77. The minimum atomic E-state index is -0.912. The van der Waals surface area contributed by atoms with Crippen LogP contribution >= 0.6 is 11.9 Å². The third-order valence-corrected chi connectivity index (χ3v) is 7.98. The zero-order chi connectivity index (χ0) is 26.5. The first-order valence-corrected chi connectivity index (χ1v) is 14.7. The first-order valence-electron chi connectivity index (χ1n) is 14.0. The normalized spacial score (nSPS) is 16.9. The molecule has 36 heavy (non-hydrogen) atoms. The summed E-state index contributed by atoms with van der Waals surface area (Å²) in [6.07, 6.45) is 25.9. The number of amides is 1. The zero-order valence-electron chi connectivity index (χ0n) is 22.5. The van der Waals surface area contributed by atoms with Crippen molar-refractivity contribution in [2.45, 2.75) is 121 Å². The Kier molecular flexibility index (Phi) is 18.0. The van der Waals surface area contributed by atoms with Crippen LogP contribution in [0.4, 0.5) is 0 Å². The van der Waals surface area contributed by atoms with Crippen LogP contribution in [0.15, 0.2) is 40.5 Å². The first kappa shape index (κ1) is 32.1. The Hall–Kier alpha value is -1.89. The standard InChI is InChI=1S/C29H48N2O4S/c1-3-5-7-8-9-10-11-12-13-15-19-25(18-6-4-2)26(20-21-27(32)33)28(34)30-24-29(36-31-35)22-16-14-17-23-29/h4,6,15,18-19,26H,3,5,7-14,16-17,20-24H2,1-2H3,(H,30,34)(H,32,33). The molecule has 1 rings (SSSR count). The van der Waals surface area contributed by atoms with Gasteiger partial charge in [0.1, 0.15) is 0 Å². The van der Waals surface area contributed by atoms with Crippen LogP contribution < -0.4 is 5.32 Å². The molecule has 1 fully saturated rings. The average molecular weight is 521 g/mol. The predicted molar refractivity (Wildman–Crippen MR) is 152 cm³/mol. The lowest BCUT2D eigenvalue weighted by atomic mass is 9.87. The third-order valence-electron chi connectivity index (χ3n) is 6.96. The van der Waals surface area contributed by atoms with Gasteiger partial charge in [-0.15, -0.1) is 4.91 Å². The molecule has 204 valence electrons. The molecule has 0 radical (unpaired) electrons. The van der Waals surface area contributed by atoms with E-state index in [4.69, 9.17) is 0 Å². The Morgan fingerprint density at radius 2 is 1.72 bits per heavy atom. The molecule has 0 aliphatic heterocycles. The van der Waals surface area contributed by atoms with Crippen molar-refractivity contribution in [3.05, 3.63) is 40.9 Å². The number of nitrogens with zero attached hydrogens (tertiary/aromatic N) is 1. The molecule has 0 saturated heterocycles. The summed E-state index contributed by atoms with van der Waals surface area (Å²) in [4.78, 5) is 35.7. The molecule has 0 bridgehead atoms. The van der Waals surface area contributed by atoms with E-state index in [1.807, 2.05) is 31.2 Å². The molecule has 1 saturated carbocycles. The largest absolute Gasteiger partial charge is 0.481 e. The maximum atomic E-state index is 13.3. The minimum absolute atomic E-state index is 0.0765. The summed E-state index contributed by atoms with van der Waals surface area (Å²) in [6.45, 7) is 4.53. The van der Waals surface area contributed by atoms with Crippen molar-refractivity contribution in [2.24, 2.45) is 10.5 Å². The second-order valence-corrected chi connectivity index (χ2v) is 11.2. The van der Waals surface area contributed by atoms with Crippen molar-refractivity contribution in [3.63, 3.8) is 0 Å². The lowest BCUT2D eigenvalue weighted by molar-refractivity contribution is -0.137. The van der Waals surface area contributed by atoms with Crippen LogP contribution in [0.2, 0.25) is 0 Å². The molecular formula is C29H48N2O4S. The number of hydrogen-bond donors (Lipinski definition) is 2. The number of carboxylic acid groups (broad SMARTS) is 1. The smallest absolute Gasteiger partial charge is 0.303 e. The Bertz CT molecular complexity index is 727. The summed E-state index contributed by atoms with van der Waals surface area (Å²) in [7, 11) is 0. The number of rotatable bonds is 20. The van der Waals surface area contributed by atoms with E-state index >= 15 is 0 Å². The molecule has 1 aliphatic rings. The molecule has 2 N–H and O–H groups in total. The molecule has 7 heteroatoms. The number of carbonyl (C=O) groups excluding carboxylic acids is 1. The maximum absolute atomic E-state index is 13.3. The highest BCUT2D eigenvalue weighted by Crippen LogP contribution is 2.40. The van der Waals surface area contributed by atoms with Crippen LogP contribution in [-0.4, -0.2) is 28.3 Å². The molecule has 0 spiro atoms. The minimum Gasteiger partial charge on any atom is -0.481 e. The monoisotopic (exact) mass is 520 g/mol. The zero-order valence-corrected chi connectivity index (χ0v) is 23.3. The van der Waals surface area contributed by atoms with E-state index in [1.54, 1.807) is 0 Å². The lowest BCUT2D eigenvalue weighted by Crippen LogP contribution is -2.44. The van der Waals surface area contributed by atoms with Crippen molar-refractivity contribution >= 4 is 23.8 Å². The number of carboxylic acids is 1. The van der Waals surface area contributed by atoms with Crippen LogP contribution in [0.25, 0.3) is 0 Å². The molecular weight excluding hydrogens is 472 g/mol. The van der Waals surface area contributed by atoms with Crippen molar-refractivity contribution in [1.29, 1.82) is 0 Å². The van der Waals surface area contributed by atoms with Gasteiger partial charge in [-0.05, 0) is 44.6 Å². The van der Waals surface area contributed by atoms with Crippen molar-refractivity contribution in [1.82, 2.24) is 5.32 Å². The van der Waals surface area contributed by atoms with Gasteiger partial charge < -0.3 is 10.4 Å². The predicted octanol–water partition coefficient (Wildman–Crippen LogP) is 8.29. The van der Waals surface area contributed by atoms with Gasteiger partial charge in [0, 0.05) is 29.5 Å². The van der Waals surface area contributed by atoms with E-state index in [2.05, 4.69) is 22.9 Å². The van der Waals surface area contributed by atoms with Gasteiger partial charge in [-0.1, -0.05) is 102 Å². The summed E-state index contributed by atoms with van der Waals surface area (Å²) in [5, 5.41) is 12.3. The first-order chi connectivity index (χ1) is 17.5. The van der Waals surface area contributed by atoms with E-state index < -0.39 is 11.9 Å². The number of unbranched alkanes of at least 4 members (excludes halogenated alkanes) is 8. The van der Waals surface area contributed by atoms with Crippen LogP contribution in [0, 0.1) is 10.8 Å². The SMILES string of the molecule is CC=CC=C(C=CCCCCCCCCCC)C(CCC(=O)O)C(=O)NCC1(SN=O)CCCCC1. The number of nitrogens with one attached hydrogen (secondary N) is 1. The molecule has 0 heterocycles. The van der Waals surface area contributed by atoms with Gasteiger partial charge in [-0.3, -0.25) is 9.59 Å². The van der Waals surface area contributed by atoms with Gasteiger partial charge in [0.15, 0.2) is 0 Å². The highest BCUT2D eigenvalue weighted by atomic mass is 32.2. The van der Waals surface area contributed by atoms with Crippen LogP contribution in [0.1, 0.15) is 117 Å². The average Bonchev–Trinajstić information content (AvgIpc) is 2.87. The summed E-state index contributed by atoms with van der Waals surface area (Å²) in [5.74, 6) is -1.65. The Morgan fingerprint density at radius 1 is 1.06 bits per heavy atom. The van der Waals surface area contributed by atoms with Gasteiger partial charge in [0.2, 0.25) is 5.91 Å². The number of nitroso groups, excluding NO2 is 1.